The average Bonchev–Trinajstić information content (AvgIpc) is 2.88. The van der Waals surface area contributed by atoms with Crippen LogP contribution in [-0.2, 0) is 14.4 Å². The molecule has 1 aliphatic rings. The van der Waals surface area contributed by atoms with E-state index in [0.717, 1.165) is 16.8 Å². The topological polar surface area (TPSA) is 105 Å². The van der Waals surface area contributed by atoms with Gasteiger partial charge in [0.2, 0.25) is 18.0 Å². The summed E-state index contributed by atoms with van der Waals surface area (Å²) in [6.07, 6.45) is -0.710. The first-order chi connectivity index (χ1) is 15.7. The lowest BCUT2D eigenvalue weighted by molar-refractivity contribution is -0.132. The van der Waals surface area contributed by atoms with Gasteiger partial charge in [-0.2, -0.15) is 0 Å². The zero-order chi connectivity index (χ0) is 24.1. The number of para-hydroxylation sites is 1. The van der Waals surface area contributed by atoms with Crippen molar-refractivity contribution in [2.45, 2.75) is 52.7 Å². The molecule has 3 amide bonds. The quantitative estimate of drug-likeness (QED) is 0.647. The van der Waals surface area contributed by atoms with Gasteiger partial charge >= 0.3 is 0 Å². The van der Waals surface area contributed by atoms with Crippen LogP contribution in [0.1, 0.15) is 51.7 Å². The van der Waals surface area contributed by atoms with Crippen LogP contribution in [0.3, 0.4) is 0 Å². The molecule has 3 rings (SSSR count). The van der Waals surface area contributed by atoms with Crippen LogP contribution >= 0.6 is 0 Å². The molecule has 2 aromatic rings. The number of rotatable bonds is 8. The van der Waals surface area contributed by atoms with Crippen LogP contribution in [-0.4, -0.2) is 35.6 Å². The molecule has 2 aromatic carbocycles. The number of nitrogens with one attached hydrogen (secondary N) is 1. The van der Waals surface area contributed by atoms with Crippen LogP contribution in [0.2, 0.25) is 0 Å². The highest BCUT2D eigenvalue weighted by molar-refractivity contribution is 6.20. The molecule has 7 heteroatoms. The summed E-state index contributed by atoms with van der Waals surface area (Å²) in [5.74, 6) is -1.70. The summed E-state index contributed by atoms with van der Waals surface area (Å²) in [4.78, 5) is 44.8. The van der Waals surface area contributed by atoms with Crippen LogP contribution in [0.5, 0.6) is 0 Å². The third kappa shape index (κ3) is 5.66. The van der Waals surface area contributed by atoms with Gasteiger partial charge in [-0.15, -0.1) is 0 Å². The van der Waals surface area contributed by atoms with Crippen molar-refractivity contribution in [1.82, 2.24) is 5.32 Å². The Morgan fingerprint density at radius 3 is 2.27 bits per heavy atom. The van der Waals surface area contributed by atoms with Crippen molar-refractivity contribution in [3.05, 3.63) is 65.7 Å². The zero-order valence-electron chi connectivity index (χ0n) is 19.6. The Morgan fingerprint density at radius 2 is 1.67 bits per heavy atom. The number of fused-ring (bicyclic) bond motifs is 1. The third-order valence-corrected chi connectivity index (χ3v) is 5.57. The lowest BCUT2D eigenvalue weighted by Crippen LogP contribution is -2.51. The van der Waals surface area contributed by atoms with Gasteiger partial charge in [0.1, 0.15) is 0 Å². The SMILES string of the molecule is CC(C)CC(CC(N)=O)C(=O)NC1N=C(c2ccccc2)c2ccccc2N(C(C)C)C1=O. The van der Waals surface area contributed by atoms with Crippen LogP contribution in [0.25, 0.3) is 0 Å². The highest BCUT2D eigenvalue weighted by atomic mass is 16.2. The maximum absolute atomic E-state index is 13.6. The highest BCUT2D eigenvalue weighted by Gasteiger charge is 2.35. The summed E-state index contributed by atoms with van der Waals surface area (Å²) >= 11 is 0. The molecule has 174 valence electrons. The van der Waals surface area contributed by atoms with E-state index >= 15 is 0 Å². The van der Waals surface area contributed by atoms with E-state index in [1.54, 1.807) is 4.90 Å². The summed E-state index contributed by atoms with van der Waals surface area (Å²) in [7, 11) is 0. The fourth-order valence-electron chi connectivity index (χ4n) is 4.19. The minimum atomic E-state index is -1.12. The van der Waals surface area contributed by atoms with Crippen molar-refractivity contribution in [1.29, 1.82) is 0 Å². The zero-order valence-corrected chi connectivity index (χ0v) is 19.6. The Hall–Kier alpha value is -3.48. The van der Waals surface area contributed by atoms with Crippen molar-refractivity contribution in [3.8, 4) is 0 Å². The van der Waals surface area contributed by atoms with Crippen molar-refractivity contribution in [2.24, 2.45) is 22.6 Å². The second kappa shape index (κ2) is 10.4. The van der Waals surface area contributed by atoms with Gasteiger partial charge in [0.25, 0.3) is 5.91 Å². The Kier molecular flexibility index (Phi) is 7.63. The number of carbonyl (C=O) groups excluding carboxylic acids is 3. The highest BCUT2D eigenvalue weighted by Crippen LogP contribution is 2.30. The monoisotopic (exact) mass is 448 g/mol. The van der Waals surface area contributed by atoms with Crippen molar-refractivity contribution < 1.29 is 14.4 Å². The van der Waals surface area contributed by atoms with Gasteiger partial charge in [0.05, 0.1) is 11.4 Å². The van der Waals surface area contributed by atoms with Crippen molar-refractivity contribution in [2.75, 3.05) is 4.90 Å². The predicted molar refractivity (Wildman–Crippen MR) is 130 cm³/mol. The minimum absolute atomic E-state index is 0.0751. The van der Waals surface area contributed by atoms with Crippen molar-refractivity contribution >= 4 is 29.1 Å². The molecule has 1 aliphatic heterocycles. The fourth-order valence-corrected chi connectivity index (χ4v) is 4.19. The Balaban J connectivity index is 2.07. The molecule has 0 saturated heterocycles. The maximum Gasteiger partial charge on any atom is 0.272 e. The normalized spacial score (nSPS) is 16.8. The molecule has 0 fully saturated rings. The molecule has 0 bridgehead atoms. The molecule has 3 N–H and O–H groups in total. The molecule has 0 aliphatic carbocycles. The average molecular weight is 449 g/mol. The summed E-state index contributed by atoms with van der Waals surface area (Å²) in [6.45, 7) is 7.80. The number of benzodiazepines with no additional fused rings is 1. The summed E-state index contributed by atoms with van der Waals surface area (Å²) in [6, 6.07) is 17.1. The predicted octanol–water partition coefficient (Wildman–Crippen LogP) is 3.26. The van der Waals surface area contributed by atoms with E-state index in [0.29, 0.717) is 12.1 Å². The first-order valence-corrected chi connectivity index (χ1v) is 11.3. The first-order valence-electron chi connectivity index (χ1n) is 11.3. The molecule has 33 heavy (non-hydrogen) atoms. The largest absolute Gasteiger partial charge is 0.370 e. The molecule has 0 radical (unpaired) electrons. The molecular formula is C26H32N4O3. The molecule has 2 unspecified atom stereocenters. The molecular weight excluding hydrogens is 416 g/mol. The molecule has 1 heterocycles. The number of amides is 3. The number of benzene rings is 2. The van der Waals surface area contributed by atoms with E-state index in [1.807, 2.05) is 82.3 Å². The minimum Gasteiger partial charge on any atom is -0.370 e. The number of hydrogen-bond acceptors (Lipinski definition) is 4. The van der Waals surface area contributed by atoms with E-state index in [1.165, 1.54) is 0 Å². The van der Waals surface area contributed by atoms with Crippen molar-refractivity contribution in [3.63, 3.8) is 0 Å². The van der Waals surface area contributed by atoms with E-state index in [4.69, 9.17) is 10.7 Å². The standard InChI is InChI=1S/C26H32N4O3/c1-16(2)14-19(15-22(27)31)25(32)29-24-26(33)30(17(3)4)21-13-9-8-12-20(21)23(28-24)18-10-6-5-7-11-18/h5-13,16-17,19,24H,14-15H2,1-4H3,(H2,27,31)(H,29,32). The molecule has 0 aromatic heterocycles. The smallest absolute Gasteiger partial charge is 0.272 e. The number of anilines is 1. The summed E-state index contributed by atoms with van der Waals surface area (Å²) in [5, 5.41) is 2.81. The molecule has 0 saturated carbocycles. The lowest BCUT2D eigenvalue weighted by atomic mass is 9.93. The van der Waals surface area contributed by atoms with Gasteiger partial charge in [-0.05, 0) is 32.3 Å². The molecule has 2 atom stereocenters. The third-order valence-electron chi connectivity index (χ3n) is 5.57. The number of nitrogens with two attached hydrogens (primary N) is 1. The second-order valence-corrected chi connectivity index (χ2v) is 9.07. The van der Waals surface area contributed by atoms with Gasteiger partial charge in [0.15, 0.2) is 0 Å². The number of aliphatic imine (C=N–C) groups is 1. The summed E-state index contributed by atoms with van der Waals surface area (Å²) < 4.78 is 0. The van der Waals surface area contributed by atoms with Crippen LogP contribution in [0, 0.1) is 11.8 Å². The van der Waals surface area contributed by atoms with E-state index in [2.05, 4.69) is 5.32 Å². The Labute approximate surface area is 195 Å². The van der Waals surface area contributed by atoms with E-state index in [9.17, 15) is 14.4 Å². The van der Waals surface area contributed by atoms with Crippen LogP contribution < -0.4 is 16.0 Å². The van der Waals surface area contributed by atoms with Gasteiger partial charge in [-0.1, -0.05) is 62.4 Å². The van der Waals surface area contributed by atoms with E-state index in [-0.39, 0.29) is 24.3 Å². The number of primary amides is 1. The maximum atomic E-state index is 13.6. The van der Waals surface area contributed by atoms with Gasteiger partial charge in [-0.25, -0.2) is 4.99 Å². The number of carbonyl (C=O) groups is 3. The molecule has 7 nitrogen and oxygen atoms in total. The number of nitrogens with zero attached hydrogens (tertiary/aromatic N) is 2. The second-order valence-electron chi connectivity index (χ2n) is 9.07. The molecule has 0 spiro atoms. The first kappa shape index (κ1) is 24.2. The van der Waals surface area contributed by atoms with Gasteiger partial charge < -0.3 is 16.0 Å². The lowest BCUT2D eigenvalue weighted by Gasteiger charge is -2.29. The van der Waals surface area contributed by atoms with E-state index < -0.39 is 23.9 Å². The fraction of sp³-hybridized carbons (Fsp3) is 0.385. The van der Waals surface area contributed by atoms with Crippen LogP contribution in [0.15, 0.2) is 59.6 Å². The Bertz CT molecular complexity index is 1050. The van der Waals surface area contributed by atoms with Gasteiger partial charge in [-0.3, -0.25) is 14.4 Å². The number of hydrogen-bond donors (Lipinski definition) is 2. The van der Waals surface area contributed by atoms with Crippen LogP contribution in [0.4, 0.5) is 5.69 Å². The Morgan fingerprint density at radius 1 is 1.03 bits per heavy atom. The van der Waals surface area contributed by atoms with Gasteiger partial charge in [0, 0.05) is 29.5 Å². The summed E-state index contributed by atoms with van der Waals surface area (Å²) in [5.41, 5.74) is 8.42.